The van der Waals surface area contributed by atoms with Crippen LogP contribution in [0.15, 0.2) is 41.5 Å². The Hall–Kier alpha value is -1.91. The molecule has 0 bridgehead atoms. The van der Waals surface area contributed by atoms with E-state index >= 15 is 0 Å². The lowest BCUT2D eigenvalue weighted by Gasteiger charge is -2.36. The van der Waals surface area contributed by atoms with Crippen molar-refractivity contribution in [1.29, 1.82) is 0 Å². The zero-order valence-corrected chi connectivity index (χ0v) is 21.1. The number of methoxy groups -OCH3 is 1. The van der Waals surface area contributed by atoms with Crippen LogP contribution in [-0.2, 0) is 16.0 Å². The van der Waals surface area contributed by atoms with Gasteiger partial charge in [0.05, 0.1) is 19.8 Å². The van der Waals surface area contributed by atoms with Gasteiger partial charge in [0.1, 0.15) is 12.7 Å². The first-order chi connectivity index (χ1) is 14.6. The molecule has 0 amide bonds. The van der Waals surface area contributed by atoms with Gasteiger partial charge in [-0.05, 0) is 31.0 Å². The largest absolute Gasteiger partial charge is 0.475 e. The maximum absolute atomic E-state index is 6.08. The third kappa shape index (κ3) is 7.05. The highest BCUT2D eigenvalue weighted by molar-refractivity contribution is 14.0. The van der Waals surface area contributed by atoms with E-state index in [0.717, 1.165) is 24.6 Å². The summed E-state index contributed by atoms with van der Waals surface area (Å²) in [5.41, 5.74) is 4.75. The molecule has 1 saturated heterocycles. The van der Waals surface area contributed by atoms with Gasteiger partial charge in [-0.1, -0.05) is 29.8 Å². The summed E-state index contributed by atoms with van der Waals surface area (Å²) >= 11 is 0. The van der Waals surface area contributed by atoms with Crippen molar-refractivity contribution in [2.45, 2.75) is 26.5 Å². The Labute approximate surface area is 202 Å². The second-order valence-corrected chi connectivity index (χ2v) is 7.38. The lowest BCUT2D eigenvalue weighted by atomic mass is 10.00. The Morgan fingerprint density at radius 3 is 2.87 bits per heavy atom. The number of rotatable bonds is 7. The minimum Gasteiger partial charge on any atom is -0.475 e. The van der Waals surface area contributed by atoms with Crippen molar-refractivity contribution in [3.8, 4) is 5.88 Å². The number of aliphatic imine (C=N–C) groups is 1. The third-order valence-corrected chi connectivity index (χ3v) is 5.16. The number of hydrogen-bond donors (Lipinski definition) is 1. The number of aryl methyl sites for hydroxylation is 2. The van der Waals surface area contributed by atoms with Crippen molar-refractivity contribution < 1.29 is 14.2 Å². The molecule has 1 unspecified atom stereocenters. The smallest absolute Gasteiger partial charge is 0.218 e. The molecule has 170 valence electrons. The monoisotopic (exact) mass is 540 g/mol. The van der Waals surface area contributed by atoms with Crippen LogP contribution in [0.3, 0.4) is 0 Å². The number of halogens is 1. The summed E-state index contributed by atoms with van der Waals surface area (Å²) in [5, 5.41) is 3.45. The number of morpholine rings is 1. The van der Waals surface area contributed by atoms with Gasteiger partial charge in [0.2, 0.25) is 5.88 Å². The molecule has 31 heavy (non-hydrogen) atoms. The van der Waals surface area contributed by atoms with Crippen molar-refractivity contribution in [3.05, 3.63) is 58.8 Å². The van der Waals surface area contributed by atoms with E-state index in [1.165, 1.54) is 16.7 Å². The van der Waals surface area contributed by atoms with Gasteiger partial charge in [-0.3, -0.25) is 4.99 Å². The zero-order valence-electron chi connectivity index (χ0n) is 18.8. The van der Waals surface area contributed by atoms with Crippen molar-refractivity contribution >= 4 is 29.9 Å². The number of guanidine groups is 1. The van der Waals surface area contributed by atoms with Crippen LogP contribution < -0.4 is 10.1 Å². The van der Waals surface area contributed by atoms with Crippen molar-refractivity contribution in [2.24, 2.45) is 4.99 Å². The van der Waals surface area contributed by atoms with Crippen LogP contribution in [0.5, 0.6) is 5.88 Å². The molecule has 2 heterocycles. The van der Waals surface area contributed by atoms with Crippen LogP contribution in [0.25, 0.3) is 0 Å². The Kier molecular flexibility index (Phi) is 10.5. The fraction of sp³-hybridized carbons (Fsp3) is 0.478. The lowest BCUT2D eigenvalue weighted by Crippen LogP contribution is -2.48. The number of nitrogens with one attached hydrogen (secondary N) is 1. The van der Waals surface area contributed by atoms with E-state index < -0.39 is 0 Å². The number of benzene rings is 1. The number of nitrogens with zero attached hydrogens (tertiary/aromatic N) is 3. The Morgan fingerprint density at radius 2 is 2.13 bits per heavy atom. The molecule has 1 fully saturated rings. The van der Waals surface area contributed by atoms with Crippen molar-refractivity contribution in [1.82, 2.24) is 15.2 Å². The average Bonchev–Trinajstić information content (AvgIpc) is 2.75. The number of aromatic nitrogens is 1. The van der Waals surface area contributed by atoms with Crippen LogP contribution >= 0.6 is 24.0 Å². The van der Waals surface area contributed by atoms with Gasteiger partial charge >= 0.3 is 0 Å². The van der Waals surface area contributed by atoms with Gasteiger partial charge in [-0.2, -0.15) is 0 Å². The van der Waals surface area contributed by atoms with Crippen LogP contribution in [0.1, 0.15) is 28.4 Å². The minimum absolute atomic E-state index is 0. The van der Waals surface area contributed by atoms with Crippen molar-refractivity contribution in [2.75, 3.05) is 47.1 Å². The SMILES string of the molecule is CN=C(NCc1cccnc1OCCOC)N1CCOC(c2ccc(C)cc2C)C1.I. The molecule has 3 rings (SSSR count). The van der Waals surface area contributed by atoms with Gasteiger partial charge in [-0.25, -0.2) is 4.98 Å². The lowest BCUT2D eigenvalue weighted by molar-refractivity contribution is -0.00835. The van der Waals surface area contributed by atoms with Gasteiger partial charge in [0, 0.05) is 39.0 Å². The number of pyridine rings is 1. The first-order valence-electron chi connectivity index (χ1n) is 10.3. The number of hydrogen-bond acceptors (Lipinski definition) is 5. The molecule has 7 nitrogen and oxygen atoms in total. The standard InChI is InChI=1S/C23H32N4O3.HI/c1-17-7-8-20(18(2)14-17)21-16-27(10-11-29-21)23(24-3)26-15-19-6-5-9-25-22(19)30-13-12-28-4;/h5-9,14,21H,10-13,15-16H2,1-4H3,(H,24,26);1H. The molecule has 0 aliphatic carbocycles. The van der Waals surface area contributed by atoms with Gasteiger partial charge in [-0.15, -0.1) is 24.0 Å². The summed E-state index contributed by atoms with van der Waals surface area (Å²) in [4.78, 5) is 11.1. The van der Waals surface area contributed by atoms with E-state index in [0.29, 0.717) is 32.2 Å². The van der Waals surface area contributed by atoms with Gasteiger partial charge in [0.15, 0.2) is 5.96 Å². The molecule has 0 radical (unpaired) electrons. The molecule has 8 heteroatoms. The molecule has 1 aromatic carbocycles. The van der Waals surface area contributed by atoms with Crippen LogP contribution in [0.4, 0.5) is 0 Å². The van der Waals surface area contributed by atoms with E-state index in [1.807, 2.05) is 19.2 Å². The summed E-state index contributed by atoms with van der Waals surface area (Å²) in [6.45, 7) is 8.05. The maximum atomic E-state index is 6.08. The second kappa shape index (κ2) is 12.8. The fourth-order valence-electron chi connectivity index (χ4n) is 3.63. The Morgan fingerprint density at radius 1 is 1.29 bits per heavy atom. The zero-order chi connectivity index (χ0) is 21.3. The maximum Gasteiger partial charge on any atom is 0.218 e. The highest BCUT2D eigenvalue weighted by atomic mass is 127. The quantitative estimate of drug-likeness (QED) is 0.251. The van der Waals surface area contributed by atoms with E-state index in [9.17, 15) is 0 Å². The fourth-order valence-corrected chi connectivity index (χ4v) is 3.63. The first kappa shape index (κ1) is 25.4. The molecule has 0 spiro atoms. The topological polar surface area (TPSA) is 68.2 Å². The van der Waals surface area contributed by atoms with E-state index in [4.69, 9.17) is 14.2 Å². The van der Waals surface area contributed by atoms with E-state index in [1.54, 1.807) is 13.3 Å². The molecule has 1 aromatic heterocycles. The summed E-state index contributed by atoms with van der Waals surface area (Å²) < 4.78 is 16.9. The summed E-state index contributed by atoms with van der Waals surface area (Å²) in [6.07, 6.45) is 1.76. The van der Waals surface area contributed by atoms with Crippen molar-refractivity contribution in [3.63, 3.8) is 0 Å². The van der Waals surface area contributed by atoms with Crippen LogP contribution in [-0.4, -0.2) is 62.9 Å². The predicted octanol–water partition coefficient (Wildman–Crippen LogP) is 3.49. The highest BCUT2D eigenvalue weighted by Gasteiger charge is 2.25. The van der Waals surface area contributed by atoms with Gasteiger partial charge in [0.25, 0.3) is 0 Å². The summed E-state index contributed by atoms with van der Waals surface area (Å²) in [7, 11) is 3.46. The second-order valence-electron chi connectivity index (χ2n) is 7.38. The first-order valence-corrected chi connectivity index (χ1v) is 10.3. The Balaban J connectivity index is 0.00000341. The molecule has 0 saturated carbocycles. The molecule has 1 aliphatic heterocycles. The normalized spacial score (nSPS) is 16.6. The highest BCUT2D eigenvalue weighted by Crippen LogP contribution is 2.26. The third-order valence-electron chi connectivity index (χ3n) is 5.16. The van der Waals surface area contributed by atoms with Gasteiger partial charge < -0.3 is 24.4 Å². The summed E-state index contributed by atoms with van der Waals surface area (Å²) in [6, 6.07) is 10.4. The van der Waals surface area contributed by atoms with E-state index in [2.05, 4.69) is 52.2 Å². The predicted molar refractivity (Wildman–Crippen MR) is 133 cm³/mol. The van der Waals surface area contributed by atoms with E-state index in [-0.39, 0.29) is 30.1 Å². The molecular formula is C23H33IN4O3. The Bertz CT molecular complexity index is 862. The minimum atomic E-state index is 0. The molecular weight excluding hydrogens is 507 g/mol. The molecule has 2 aromatic rings. The van der Waals surface area contributed by atoms with Crippen LogP contribution in [0.2, 0.25) is 0 Å². The summed E-state index contributed by atoms with van der Waals surface area (Å²) in [5.74, 6) is 1.47. The number of ether oxygens (including phenoxy) is 3. The molecule has 1 N–H and O–H groups in total. The molecule has 1 atom stereocenters. The van der Waals surface area contributed by atoms with Crippen LogP contribution in [0, 0.1) is 13.8 Å². The average molecular weight is 540 g/mol. The molecule has 1 aliphatic rings.